The van der Waals surface area contributed by atoms with Crippen LogP contribution in [0.15, 0.2) is 101 Å². The van der Waals surface area contributed by atoms with Gasteiger partial charge in [-0.1, -0.05) is 36.0 Å². The van der Waals surface area contributed by atoms with E-state index in [1.54, 1.807) is 12.3 Å². The Balaban J connectivity index is 1.23. The van der Waals surface area contributed by atoms with E-state index >= 15 is 0 Å². The van der Waals surface area contributed by atoms with Crippen molar-refractivity contribution in [3.05, 3.63) is 114 Å². The van der Waals surface area contributed by atoms with Gasteiger partial charge in [-0.05, 0) is 78.4 Å². The molecular formula is C29H21F3N4OS. The Morgan fingerprint density at radius 1 is 0.921 bits per heavy atom. The van der Waals surface area contributed by atoms with Crippen LogP contribution >= 0.6 is 11.8 Å². The minimum atomic E-state index is -4.40. The van der Waals surface area contributed by atoms with Crippen molar-refractivity contribution in [2.75, 3.05) is 5.32 Å². The molecule has 9 heteroatoms. The van der Waals surface area contributed by atoms with Gasteiger partial charge in [-0.15, -0.1) is 0 Å². The average Bonchev–Trinajstić information content (AvgIpc) is 3.30. The fraction of sp³-hybridized carbons (Fsp3) is 0.0690. The number of rotatable bonds is 7. The summed E-state index contributed by atoms with van der Waals surface area (Å²) in [5, 5.41) is 11.3. The summed E-state index contributed by atoms with van der Waals surface area (Å²) in [6.45, 7) is 0. The molecule has 5 nitrogen and oxygen atoms in total. The molecule has 0 unspecified atom stereocenters. The molecule has 5 rings (SSSR count). The number of halogens is 3. The molecule has 1 amide bonds. The van der Waals surface area contributed by atoms with Gasteiger partial charge in [-0.3, -0.25) is 14.9 Å². The molecule has 190 valence electrons. The summed E-state index contributed by atoms with van der Waals surface area (Å²) >= 11 is 1.54. The maximum atomic E-state index is 12.7. The van der Waals surface area contributed by atoms with Gasteiger partial charge in [0.15, 0.2) is 0 Å². The van der Waals surface area contributed by atoms with E-state index in [1.807, 2.05) is 66.7 Å². The summed E-state index contributed by atoms with van der Waals surface area (Å²) in [6.07, 6.45) is 1.15. The molecule has 0 fully saturated rings. The zero-order valence-corrected chi connectivity index (χ0v) is 20.7. The van der Waals surface area contributed by atoms with Crippen molar-refractivity contribution >= 4 is 46.4 Å². The Labute approximate surface area is 220 Å². The summed E-state index contributed by atoms with van der Waals surface area (Å²) in [7, 11) is 0. The quantitative estimate of drug-likeness (QED) is 0.229. The number of hydrogen-bond acceptors (Lipinski definition) is 4. The molecule has 2 N–H and O–H groups in total. The Hall–Kier alpha value is -4.37. The van der Waals surface area contributed by atoms with Crippen LogP contribution in [0.25, 0.3) is 23.1 Å². The van der Waals surface area contributed by atoms with Crippen molar-refractivity contribution in [2.45, 2.75) is 22.4 Å². The first kappa shape index (κ1) is 25.3. The number of fused-ring (bicyclic) bond motifs is 1. The molecule has 3 aromatic carbocycles. The molecule has 5 aromatic rings. The number of hydrogen-bond donors (Lipinski definition) is 2. The number of pyridine rings is 1. The standard InChI is InChI=1S/C29H21F3N4OS/c30-29(31,32)20-9-7-19(8-10-20)16-28(37)34-22-5-3-6-23(17-22)38-24-12-13-25-26(35-36-27(25)18-24)14-11-21-4-1-2-15-33-21/h1-15,17-18H,16H2,(H,34,37)(H,35,36)/b14-11+. The van der Waals surface area contributed by atoms with Crippen LogP contribution in [0.3, 0.4) is 0 Å². The molecule has 0 aliphatic heterocycles. The van der Waals surface area contributed by atoms with Gasteiger partial charge >= 0.3 is 6.18 Å². The average molecular weight is 531 g/mol. The van der Waals surface area contributed by atoms with Crippen molar-refractivity contribution < 1.29 is 18.0 Å². The molecule has 0 bridgehead atoms. The summed E-state index contributed by atoms with van der Waals surface area (Å²) in [5.74, 6) is -0.308. The highest BCUT2D eigenvalue weighted by atomic mass is 32.2. The van der Waals surface area contributed by atoms with Crippen LogP contribution in [0.4, 0.5) is 18.9 Å². The molecule has 0 radical (unpaired) electrons. The number of carbonyl (C=O) groups excluding carboxylic acids is 1. The monoisotopic (exact) mass is 530 g/mol. The van der Waals surface area contributed by atoms with E-state index in [1.165, 1.54) is 23.9 Å². The predicted molar refractivity (Wildman–Crippen MR) is 144 cm³/mol. The van der Waals surface area contributed by atoms with Crippen molar-refractivity contribution in [3.63, 3.8) is 0 Å². The Bertz CT molecular complexity index is 1600. The van der Waals surface area contributed by atoms with E-state index < -0.39 is 11.7 Å². The Kier molecular flexibility index (Phi) is 7.28. The lowest BCUT2D eigenvalue weighted by atomic mass is 10.1. The number of aromatic nitrogens is 3. The second-order valence-corrected chi connectivity index (χ2v) is 9.60. The van der Waals surface area contributed by atoms with Crippen LogP contribution in [0, 0.1) is 0 Å². The van der Waals surface area contributed by atoms with Gasteiger partial charge in [-0.25, -0.2) is 0 Å². The summed E-state index contributed by atoms with van der Waals surface area (Å²) < 4.78 is 38.2. The first-order valence-corrected chi connectivity index (χ1v) is 12.5. The number of nitrogens with one attached hydrogen (secondary N) is 2. The van der Waals surface area contributed by atoms with Gasteiger partial charge < -0.3 is 5.32 Å². The van der Waals surface area contributed by atoms with E-state index in [0.29, 0.717) is 11.3 Å². The number of alkyl halides is 3. The number of benzene rings is 3. The molecule has 38 heavy (non-hydrogen) atoms. The van der Waals surface area contributed by atoms with Crippen molar-refractivity contribution in [2.24, 2.45) is 0 Å². The minimum Gasteiger partial charge on any atom is -0.326 e. The van der Waals surface area contributed by atoms with Crippen LogP contribution in [0.1, 0.15) is 22.5 Å². The number of aromatic amines is 1. The zero-order chi connectivity index (χ0) is 26.5. The summed E-state index contributed by atoms with van der Waals surface area (Å²) in [6, 6.07) is 23.8. The van der Waals surface area contributed by atoms with Gasteiger partial charge in [0, 0.05) is 27.1 Å². The topological polar surface area (TPSA) is 70.7 Å². The second-order valence-electron chi connectivity index (χ2n) is 8.45. The molecule has 2 aromatic heterocycles. The summed E-state index contributed by atoms with van der Waals surface area (Å²) in [5.41, 5.74) is 2.94. The fourth-order valence-corrected chi connectivity index (χ4v) is 4.74. The van der Waals surface area contributed by atoms with E-state index in [-0.39, 0.29) is 12.3 Å². The number of amides is 1. The second kappa shape index (κ2) is 10.9. The van der Waals surface area contributed by atoms with Crippen molar-refractivity contribution in [3.8, 4) is 0 Å². The third kappa shape index (κ3) is 6.30. The molecule has 0 aliphatic carbocycles. The molecule has 0 saturated heterocycles. The van der Waals surface area contributed by atoms with Gasteiger partial charge in [-0.2, -0.15) is 18.3 Å². The molecule has 0 spiro atoms. The largest absolute Gasteiger partial charge is 0.416 e. The van der Waals surface area contributed by atoms with Crippen LogP contribution < -0.4 is 5.32 Å². The third-order valence-corrected chi connectivity index (χ3v) is 6.64. The molecule has 2 heterocycles. The molecule has 0 saturated carbocycles. The number of nitrogens with zero attached hydrogens (tertiary/aromatic N) is 2. The van der Waals surface area contributed by atoms with Crippen LogP contribution in [-0.4, -0.2) is 21.1 Å². The van der Waals surface area contributed by atoms with Crippen molar-refractivity contribution in [1.82, 2.24) is 15.2 Å². The Morgan fingerprint density at radius 3 is 2.50 bits per heavy atom. The number of H-pyrrole nitrogens is 1. The van der Waals surface area contributed by atoms with Gasteiger partial charge in [0.2, 0.25) is 5.91 Å². The van der Waals surface area contributed by atoms with Crippen LogP contribution in [0.5, 0.6) is 0 Å². The van der Waals surface area contributed by atoms with Crippen molar-refractivity contribution in [1.29, 1.82) is 0 Å². The Morgan fingerprint density at radius 2 is 1.74 bits per heavy atom. The van der Waals surface area contributed by atoms with E-state index in [9.17, 15) is 18.0 Å². The van der Waals surface area contributed by atoms with E-state index in [0.717, 1.165) is 44.2 Å². The smallest absolute Gasteiger partial charge is 0.326 e. The lowest BCUT2D eigenvalue weighted by Gasteiger charge is -2.09. The third-order valence-electron chi connectivity index (χ3n) is 5.66. The van der Waals surface area contributed by atoms with Crippen LogP contribution in [0.2, 0.25) is 0 Å². The lowest BCUT2D eigenvalue weighted by molar-refractivity contribution is -0.137. The minimum absolute atomic E-state index is 0.0247. The van der Waals surface area contributed by atoms with E-state index in [4.69, 9.17) is 0 Å². The highest BCUT2D eigenvalue weighted by Gasteiger charge is 2.30. The van der Waals surface area contributed by atoms with E-state index in [2.05, 4.69) is 20.5 Å². The fourth-order valence-electron chi connectivity index (χ4n) is 3.82. The molecule has 0 aliphatic rings. The van der Waals surface area contributed by atoms with Gasteiger partial charge in [0.1, 0.15) is 0 Å². The highest BCUT2D eigenvalue weighted by molar-refractivity contribution is 7.99. The summed E-state index contributed by atoms with van der Waals surface area (Å²) in [4.78, 5) is 18.7. The lowest BCUT2D eigenvalue weighted by Crippen LogP contribution is -2.14. The van der Waals surface area contributed by atoms with Gasteiger partial charge in [0.05, 0.1) is 28.9 Å². The van der Waals surface area contributed by atoms with Crippen LogP contribution in [-0.2, 0) is 17.4 Å². The number of carbonyl (C=O) groups is 1. The zero-order valence-electron chi connectivity index (χ0n) is 19.9. The van der Waals surface area contributed by atoms with Gasteiger partial charge in [0.25, 0.3) is 0 Å². The first-order valence-electron chi connectivity index (χ1n) is 11.6. The molecular weight excluding hydrogens is 509 g/mol. The number of anilines is 1. The first-order chi connectivity index (χ1) is 18.3. The normalized spacial score (nSPS) is 11.8. The predicted octanol–water partition coefficient (Wildman–Crippen LogP) is 7.48. The highest BCUT2D eigenvalue weighted by Crippen LogP contribution is 2.32. The SMILES string of the molecule is O=C(Cc1ccc(C(F)(F)F)cc1)Nc1cccc(Sc2ccc3c(/C=C/c4ccccn4)n[nH]c3c2)c1. The maximum Gasteiger partial charge on any atom is 0.416 e. The molecule has 0 atom stereocenters. The maximum absolute atomic E-state index is 12.7.